The summed E-state index contributed by atoms with van der Waals surface area (Å²) in [6.07, 6.45) is -0.970. The first kappa shape index (κ1) is 23.0. The molecule has 0 heterocycles. The molecular weight excluding hydrogens is 339 g/mol. The van der Waals surface area contributed by atoms with Gasteiger partial charge in [-0.1, -0.05) is 19.0 Å². The second-order valence-corrected chi connectivity index (χ2v) is 7.90. The number of carbonyl (C=O) groups is 1. The van der Waals surface area contributed by atoms with Crippen LogP contribution in [0.3, 0.4) is 0 Å². The predicted molar refractivity (Wildman–Crippen MR) is 89.5 cm³/mol. The third-order valence-corrected chi connectivity index (χ3v) is 3.94. The second-order valence-electron chi connectivity index (χ2n) is 6.34. The highest BCUT2D eigenvalue weighted by Crippen LogP contribution is 2.43. The maximum absolute atomic E-state index is 12.0. The SMILES string of the molecule is COP(=O)(O)OCC(C)(C)[C@H](O)C(=O)NCC/C(C)=N/OC(C)C. The van der Waals surface area contributed by atoms with Gasteiger partial charge in [-0.15, -0.1) is 0 Å². The van der Waals surface area contributed by atoms with E-state index in [-0.39, 0.29) is 19.3 Å². The number of hydrogen-bond acceptors (Lipinski definition) is 7. The Kier molecular flexibility index (Phi) is 9.69. The zero-order valence-electron chi connectivity index (χ0n) is 15.1. The number of phosphoric ester groups is 1. The Bertz CT molecular complexity index is 480. The standard InChI is InChI=1S/C14H29N2O7P/c1-10(2)23-16-11(3)7-8-15-13(18)12(17)14(4,5)9-22-24(19,20)21-6/h10,12,17H,7-9H2,1-6H3,(H,15,18)(H,19,20)/b16-11+/t12-/m1/s1. The van der Waals surface area contributed by atoms with Crippen molar-refractivity contribution in [2.75, 3.05) is 20.3 Å². The van der Waals surface area contributed by atoms with E-state index in [9.17, 15) is 19.4 Å². The molecule has 0 bridgehead atoms. The van der Waals surface area contributed by atoms with Crippen LogP contribution in [0, 0.1) is 5.41 Å². The molecule has 3 N–H and O–H groups in total. The van der Waals surface area contributed by atoms with Crippen LogP contribution in [0.5, 0.6) is 0 Å². The van der Waals surface area contributed by atoms with Gasteiger partial charge < -0.3 is 20.2 Å². The highest BCUT2D eigenvalue weighted by molar-refractivity contribution is 7.47. The van der Waals surface area contributed by atoms with Crippen LogP contribution >= 0.6 is 7.82 Å². The normalized spacial score (nSPS) is 16.6. The smallest absolute Gasteiger partial charge is 0.393 e. The van der Waals surface area contributed by atoms with Crippen molar-refractivity contribution in [2.24, 2.45) is 10.6 Å². The molecule has 142 valence electrons. The van der Waals surface area contributed by atoms with Gasteiger partial charge in [0.25, 0.3) is 0 Å². The average molecular weight is 368 g/mol. The summed E-state index contributed by atoms with van der Waals surface area (Å²) in [7, 11) is -3.13. The second kappa shape index (κ2) is 10.1. The summed E-state index contributed by atoms with van der Waals surface area (Å²) in [5.41, 5.74) is -0.368. The zero-order chi connectivity index (χ0) is 19.0. The molecular formula is C14H29N2O7P. The van der Waals surface area contributed by atoms with Crippen molar-refractivity contribution in [3.05, 3.63) is 0 Å². The van der Waals surface area contributed by atoms with E-state index in [1.807, 2.05) is 13.8 Å². The van der Waals surface area contributed by atoms with Crippen LogP contribution in [0.15, 0.2) is 5.16 Å². The number of rotatable bonds is 11. The van der Waals surface area contributed by atoms with E-state index in [1.165, 1.54) is 13.8 Å². The molecule has 10 heteroatoms. The van der Waals surface area contributed by atoms with Crippen LogP contribution in [0.2, 0.25) is 0 Å². The quantitative estimate of drug-likeness (QED) is 0.286. The fourth-order valence-electron chi connectivity index (χ4n) is 1.44. The molecule has 0 rings (SSSR count). The first-order chi connectivity index (χ1) is 10.9. The number of aliphatic hydroxyl groups excluding tert-OH is 1. The van der Waals surface area contributed by atoms with Crippen molar-refractivity contribution < 1.29 is 33.2 Å². The minimum absolute atomic E-state index is 0.0215. The van der Waals surface area contributed by atoms with Crippen LogP contribution in [0.4, 0.5) is 0 Å². The average Bonchev–Trinajstić information content (AvgIpc) is 2.50. The van der Waals surface area contributed by atoms with Crippen molar-refractivity contribution in [2.45, 2.75) is 53.2 Å². The van der Waals surface area contributed by atoms with E-state index in [4.69, 9.17) is 9.36 Å². The molecule has 0 aromatic rings. The van der Waals surface area contributed by atoms with Crippen molar-refractivity contribution in [3.8, 4) is 0 Å². The maximum atomic E-state index is 12.0. The highest BCUT2D eigenvalue weighted by Gasteiger charge is 2.36. The topological polar surface area (TPSA) is 127 Å². The first-order valence-corrected chi connectivity index (χ1v) is 9.09. The zero-order valence-corrected chi connectivity index (χ0v) is 16.0. The van der Waals surface area contributed by atoms with Crippen molar-refractivity contribution in [1.82, 2.24) is 5.32 Å². The van der Waals surface area contributed by atoms with Crippen LogP contribution in [-0.4, -0.2) is 54.1 Å². The summed E-state index contributed by atoms with van der Waals surface area (Å²) in [5.74, 6) is -0.605. The molecule has 1 amide bonds. The number of nitrogens with one attached hydrogen (secondary N) is 1. The fourth-order valence-corrected chi connectivity index (χ4v) is 2.04. The van der Waals surface area contributed by atoms with Gasteiger partial charge in [0.15, 0.2) is 0 Å². The Morgan fingerprint density at radius 3 is 2.46 bits per heavy atom. The van der Waals surface area contributed by atoms with Gasteiger partial charge in [0.1, 0.15) is 12.2 Å². The van der Waals surface area contributed by atoms with Gasteiger partial charge >= 0.3 is 7.82 Å². The Labute approximate surface area is 143 Å². The van der Waals surface area contributed by atoms with E-state index < -0.39 is 25.2 Å². The van der Waals surface area contributed by atoms with Gasteiger partial charge in [-0.05, 0) is 20.8 Å². The molecule has 24 heavy (non-hydrogen) atoms. The Balaban J connectivity index is 4.39. The van der Waals surface area contributed by atoms with Crippen molar-refractivity contribution in [1.29, 1.82) is 0 Å². The number of phosphoric acid groups is 1. The summed E-state index contributed by atoms with van der Waals surface area (Å²) in [6.45, 7) is 8.51. The first-order valence-electron chi connectivity index (χ1n) is 7.59. The largest absolute Gasteiger partial charge is 0.471 e. The monoisotopic (exact) mass is 368 g/mol. The lowest BCUT2D eigenvalue weighted by molar-refractivity contribution is -0.136. The highest BCUT2D eigenvalue weighted by atomic mass is 31.2. The minimum atomic E-state index is -4.16. The van der Waals surface area contributed by atoms with Crippen LogP contribution < -0.4 is 5.32 Å². The summed E-state index contributed by atoms with van der Waals surface area (Å²) in [6, 6.07) is 0. The Morgan fingerprint density at radius 1 is 1.38 bits per heavy atom. The molecule has 0 aromatic heterocycles. The lowest BCUT2D eigenvalue weighted by atomic mass is 9.87. The van der Waals surface area contributed by atoms with Gasteiger partial charge in [-0.2, -0.15) is 0 Å². The van der Waals surface area contributed by atoms with Crippen LogP contribution in [-0.2, 0) is 23.2 Å². The lowest BCUT2D eigenvalue weighted by Crippen LogP contribution is -2.46. The van der Waals surface area contributed by atoms with E-state index in [0.717, 1.165) is 7.11 Å². The molecule has 0 fully saturated rings. The molecule has 0 aliphatic rings. The molecule has 9 nitrogen and oxygen atoms in total. The molecule has 2 atom stereocenters. The number of carbonyl (C=O) groups excluding carboxylic acids is 1. The maximum Gasteiger partial charge on any atom is 0.471 e. The summed E-state index contributed by atoms with van der Waals surface area (Å²) < 4.78 is 20.3. The number of hydrogen-bond donors (Lipinski definition) is 3. The van der Waals surface area contributed by atoms with Gasteiger partial charge in [0.2, 0.25) is 5.91 Å². The van der Waals surface area contributed by atoms with Gasteiger partial charge in [0, 0.05) is 25.5 Å². The number of nitrogens with zero attached hydrogens (tertiary/aromatic N) is 1. The molecule has 0 aliphatic heterocycles. The van der Waals surface area contributed by atoms with Crippen LogP contribution in [0.1, 0.15) is 41.0 Å². The summed E-state index contributed by atoms with van der Waals surface area (Å²) in [5, 5.41) is 16.6. The molecule has 0 aromatic carbocycles. The van der Waals surface area contributed by atoms with Crippen molar-refractivity contribution >= 4 is 19.4 Å². The molecule has 0 radical (unpaired) electrons. The van der Waals surface area contributed by atoms with E-state index in [1.54, 1.807) is 6.92 Å². The van der Waals surface area contributed by atoms with Gasteiger partial charge in [-0.25, -0.2) is 4.57 Å². The van der Waals surface area contributed by atoms with E-state index >= 15 is 0 Å². The van der Waals surface area contributed by atoms with Crippen LogP contribution in [0.25, 0.3) is 0 Å². The third-order valence-electron chi connectivity index (χ3n) is 3.02. The minimum Gasteiger partial charge on any atom is -0.393 e. The van der Waals surface area contributed by atoms with Gasteiger partial charge in [0.05, 0.1) is 12.3 Å². The Morgan fingerprint density at radius 2 is 1.96 bits per heavy atom. The molecule has 0 spiro atoms. The molecule has 0 saturated carbocycles. The molecule has 0 aliphatic carbocycles. The molecule has 0 saturated heterocycles. The molecule has 1 unspecified atom stereocenters. The number of aliphatic hydroxyl groups is 1. The van der Waals surface area contributed by atoms with Crippen molar-refractivity contribution in [3.63, 3.8) is 0 Å². The number of amides is 1. The third kappa shape index (κ3) is 9.34. The summed E-state index contributed by atoms with van der Waals surface area (Å²) >= 11 is 0. The predicted octanol–water partition coefficient (Wildman–Crippen LogP) is 1.44. The Hall–Kier alpha value is -0.990. The van der Waals surface area contributed by atoms with E-state index in [0.29, 0.717) is 12.1 Å². The fraction of sp³-hybridized carbons (Fsp3) is 0.857. The summed E-state index contributed by atoms with van der Waals surface area (Å²) in [4.78, 5) is 26.3. The number of oxime groups is 1. The lowest BCUT2D eigenvalue weighted by Gasteiger charge is -2.29. The van der Waals surface area contributed by atoms with Gasteiger partial charge in [-0.3, -0.25) is 13.8 Å². The van der Waals surface area contributed by atoms with E-state index in [2.05, 4.69) is 15.0 Å².